The lowest BCUT2D eigenvalue weighted by Gasteiger charge is -2.11. The zero-order chi connectivity index (χ0) is 13.3. The molecule has 0 spiro atoms. The first-order valence-electron chi connectivity index (χ1n) is 4.98. The summed E-state index contributed by atoms with van der Waals surface area (Å²) in [6.07, 6.45) is 3.18. The SMILES string of the molecule is CC(NS(=O)(=O)c1c(Br)nnn1C)c1ncc[nH]1. The number of sulfonamides is 1. The van der Waals surface area contributed by atoms with Gasteiger partial charge in [-0.1, -0.05) is 5.21 Å². The van der Waals surface area contributed by atoms with Crippen molar-refractivity contribution in [1.29, 1.82) is 0 Å². The summed E-state index contributed by atoms with van der Waals surface area (Å²) in [6, 6.07) is -0.480. The molecule has 98 valence electrons. The molecule has 18 heavy (non-hydrogen) atoms. The Morgan fingerprint density at radius 2 is 2.28 bits per heavy atom. The third kappa shape index (κ3) is 2.44. The number of aromatic nitrogens is 5. The molecule has 0 saturated carbocycles. The molecular weight excluding hydrogens is 324 g/mol. The second-order valence-electron chi connectivity index (χ2n) is 3.63. The number of H-pyrrole nitrogens is 1. The Kier molecular flexibility index (Phi) is 3.50. The molecule has 2 heterocycles. The highest BCUT2D eigenvalue weighted by molar-refractivity contribution is 9.10. The molecule has 2 aromatic rings. The summed E-state index contributed by atoms with van der Waals surface area (Å²) in [4.78, 5) is 6.84. The second kappa shape index (κ2) is 4.78. The summed E-state index contributed by atoms with van der Waals surface area (Å²) in [7, 11) is -2.22. The topological polar surface area (TPSA) is 106 Å². The third-order valence-electron chi connectivity index (χ3n) is 2.25. The van der Waals surface area contributed by atoms with Crippen molar-refractivity contribution >= 4 is 26.0 Å². The number of imidazole rings is 1. The highest BCUT2D eigenvalue weighted by Crippen LogP contribution is 2.19. The largest absolute Gasteiger partial charge is 0.347 e. The van der Waals surface area contributed by atoms with E-state index in [0.29, 0.717) is 5.82 Å². The molecule has 1 unspecified atom stereocenters. The van der Waals surface area contributed by atoms with E-state index in [9.17, 15) is 8.42 Å². The van der Waals surface area contributed by atoms with Gasteiger partial charge in [0.1, 0.15) is 5.82 Å². The predicted molar refractivity (Wildman–Crippen MR) is 66.0 cm³/mol. The average Bonchev–Trinajstić information content (AvgIpc) is 2.87. The molecule has 0 bridgehead atoms. The van der Waals surface area contributed by atoms with Gasteiger partial charge in [0.25, 0.3) is 10.0 Å². The molecule has 0 aliphatic rings. The fourth-order valence-corrected chi connectivity index (χ4v) is 3.77. The first-order valence-corrected chi connectivity index (χ1v) is 7.26. The van der Waals surface area contributed by atoms with E-state index >= 15 is 0 Å². The van der Waals surface area contributed by atoms with Crippen LogP contribution in [0.4, 0.5) is 0 Å². The highest BCUT2D eigenvalue weighted by atomic mass is 79.9. The van der Waals surface area contributed by atoms with Crippen LogP contribution >= 0.6 is 15.9 Å². The van der Waals surface area contributed by atoms with Crippen molar-refractivity contribution < 1.29 is 8.42 Å². The molecule has 0 aromatic carbocycles. The van der Waals surface area contributed by atoms with Crippen molar-refractivity contribution in [2.24, 2.45) is 7.05 Å². The quantitative estimate of drug-likeness (QED) is 0.838. The van der Waals surface area contributed by atoms with E-state index in [-0.39, 0.29) is 9.63 Å². The molecule has 0 fully saturated rings. The second-order valence-corrected chi connectivity index (χ2v) is 6.01. The van der Waals surface area contributed by atoms with Crippen LogP contribution < -0.4 is 4.72 Å². The first-order chi connectivity index (χ1) is 8.42. The number of hydrogen-bond donors (Lipinski definition) is 2. The Morgan fingerprint density at radius 1 is 1.56 bits per heavy atom. The van der Waals surface area contributed by atoms with Crippen LogP contribution in [0.2, 0.25) is 0 Å². The van der Waals surface area contributed by atoms with Crippen LogP contribution in [-0.2, 0) is 17.1 Å². The van der Waals surface area contributed by atoms with E-state index in [1.807, 2.05) is 0 Å². The highest BCUT2D eigenvalue weighted by Gasteiger charge is 2.26. The molecule has 0 aliphatic carbocycles. The third-order valence-corrected chi connectivity index (χ3v) is 4.68. The zero-order valence-electron chi connectivity index (χ0n) is 9.62. The van der Waals surface area contributed by atoms with E-state index in [0.717, 1.165) is 0 Å². The van der Waals surface area contributed by atoms with Gasteiger partial charge in [0.2, 0.25) is 5.03 Å². The summed E-state index contributed by atoms with van der Waals surface area (Å²) in [5.41, 5.74) is 0. The van der Waals surface area contributed by atoms with Crippen molar-refractivity contribution in [3.05, 3.63) is 22.8 Å². The first kappa shape index (κ1) is 13.2. The standard InChI is InChI=1S/C8H11BrN6O2S/c1-5(7-10-3-4-11-7)13-18(16,17)8-6(9)12-14-15(8)2/h3-5,13H,1-2H3,(H,10,11). The Balaban J connectivity index is 2.28. The maximum Gasteiger partial charge on any atom is 0.261 e. The fraction of sp³-hybridized carbons (Fsp3) is 0.375. The van der Waals surface area contributed by atoms with Gasteiger partial charge in [-0.15, -0.1) is 5.10 Å². The van der Waals surface area contributed by atoms with Gasteiger partial charge in [-0.2, -0.15) is 4.72 Å². The van der Waals surface area contributed by atoms with Crippen LogP contribution in [0.5, 0.6) is 0 Å². The maximum atomic E-state index is 12.2. The molecular formula is C8H11BrN6O2S. The molecule has 2 rings (SSSR count). The number of aromatic amines is 1. The van der Waals surface area contributed by atoms with E-state index in [4.69, 9.17) is 0 Å². The minimum absolute atomic E-state index is 0.0269. The predicted octanol–water partition coefficient (Wildman–Crippen LogP) is 0.340. The Hall–Kier alpha value is -1.26. The van der Waals surface area contributed by atoms with Crippen LogP contribution in [0.3, 0.4) is 0 Å². The molecule has 2 N–H and O–H groups in total. The fourth-order valence-electron chi connectivity index (χ4n) is 1.47. The lowest BCUT2D eigenvalue weighted by Crippen LogP contribution is -2.29. The van der Waals surface area contributed by atoms with E-state index in [1.54, 1.807) is 19.3 Å². The van der Waals surface area contributed by atoms with Crippen LogP contribution in [-0.4, -0.2) is 33.4 Å². The minimum atomic E-state index is -3.72. The summed E-state index contributed by atoms with van der Waals surface area (Å²) in [6.45, 7) is 1.69. The van der Waals surface area contributed by atoms with Crippen LogP contribution in [0.15, 0.2) is 22.0 Å². The van der Waals surface area contributed by atoms with Crippen LogP contribution in [0, 0.1) is 0 Å². The van der Waals surface area contributed by atoms with E-state index in [1.165, 1.54) is 11.7 Å². The summed E-state index contributed by atoms with van der Waals surface area (Å²) < 4.78 is 28.2. The van der Waals surface area contributed by atoms with Crippen molar-refractivity contribution in [3.63, 3.8) is 0 Å². The number of nitrogens with one attached hydrogen (secondary N) is 2. The Morgan fingerprint density at radius 3 is 2.78 bits per heavy atom. The number of hydrogen-bond acceptors (Lipinski definition) is 5. The summed E-state index contributed by atoms with van der Waals surface area (Å²) in [5, 5.41) is 7.24. The summed E-state index contributed by atoms with van der Waals surface area (Å²) in [5.74, 6) is 0.532. The van der Waals surface area contributed by atoms with Crippen molar-refractivity contribution in [3.8, 4) is 0 Å². The van der Waals surface area contributed by atoms with E-state index in [2.05, 4.69) is 40.9 Å². The molecule has 0 radical (unpaired) electrons. The smallest absolute Gasteiger partial charge is 0.261 e. The number of nitrogens with zero attached hydrogens (tertiary/aromatic N) is 4. The summed E-state index contributed by atoms with van der Waals surface area (Å²) >= 11 is 3.05. The molecule has 0 saturated heterocycles. The normalized spacial score (nSPS) is 13.7. The monoisotopic (exact) mass is 334 g/mol. The van der Waals surface area contributed by atoms with Gasteiger partial charge in [0.05, 0.1) is 6.04 Å². The van der Waals surface area contributed by atoms with Gasteiger partial charge in [-0.25, -0.2) is 18.1 Å². The van der Waals surface area contributed by atoms with Crippen molar-refractivity contribution in [2.45, 2.75) is 18.0 Å². The van der Waals surface area contributed by atoms with Crippen molar-refractivity contribution in [1.82, 2.24) is 29.7 Å². The Bertz CT molecular complexity index is 615. The van der Waals surface area contributed by atoms with Crippen LogP contribution in [0.25, 0.3) is 0 Å². The van der Waals surface area contributed by atoms with Crippen molar-refractivity contribution in [2.75, 3.05) is 0 Å². The van der Waals surface area contributed by atoms with E-state index < -0.39 is 16.1 Å². The van der Waals surface area contributed by atoms with Gasteiger partial charge in [0.15, 0.2) is 4.60 Å². The number of halogens is 1. The van der Waals surface area contributed by atoms with Gasteiger partial charge in [-0.05, 0) is 22.9 Å². The average molecular weight is 335 g/mol. The lowest BCUT2D eigenvalue weighted by molar-refractivity contribution is 0.543. The Labute approximate surface area is 112 Å². The molecule has 10 heteroatoms. The molecule has 8 nitrogen and oxygen atoms in total. The number of rotatable bonds is 4. The van der Waals surface area contributed by atoms with Gasteiger partial charge >= 0.3 is 0 Å². The van der Waals surface area contributed by atoms with Gasteiger partial charge in [-0.3, -0.25) is 0 Å². The van der Waals surface area contributed by atoms with Gasteiger partial charge < -0.3 is 4.98 Å². The lowest BCUT2D eigenvalue weighted by atomic mass is 10.3. The molecule has 0 amide bonds. The van der Waals surface area contributed by atoms with Crippen LogP contribution in [0.1, 0.15) is 18.8 Å². The molecule has 1 atom stereocenters. The minimum Gasteiger partial charge on any atom is -0.347 e. The zero-order valence-corrected chi connectivity index (χ0v) is 12.0. The molecule has 2 aromatic heterocycles. The van der Waals surface area contributed by atoms with Gasteiger partial charge in [0, 0.05) is 19.4 Å². The molecule has 0 aliphatic heterocycles. The maximum absolute atomic E-state index is 12.2. The number of aryl methyl sites for hydroxylation is 1.